The van der Waals surface area contributed by atoms with Crippen LogP contribution in [0.4, 0.5) is 0 Å². The van der Waals surface area contributed by atoms with Crippen molar-refractivity contribution in [2.45, 2.75) is 19.8 Å². The number of hydrogen-bond acceptors (Lipinski definition) is 0. The molecular formula is C16H30S2. The van der Waals surface area contributed by atoms with E-state index >= 15 is 0 Å². The van der Waals surface area contributed by atoms with Gasteiger partial charge in [-0.15, -0.1) is 0 Å². The second-order valence-corrected chi connectivity index (χ2v) is 12.9. The maximum Gasteiger partial charge on any atom is -0.0158 e. The van der Waals surface area contributed by atoms with Crippen molar-refractivity contribution in [3.05, 3.63) is 35.4 Å². The monoisotopic (exact) mass is 286 g/mol. The number of aryl methyl sites for hydroxylation is 2. The van der Waals surface area contributed by atoms with Gasteiger partial charge in [-0.3, -0.25) is 10.9 Å². The second-order valence-electron chi connectivity index (χ2n) is 5.90. The predicted molar refractivity (Wildman–Crippen MR) is 94.4 cm³/mol. The Morgan fingerprint density at radius 3 is 2.00 bits per heavy atom. The van der Waals surface area contributed by atoms with Crippen molar-refractivity contribution < 1.29 is 0 Å². The van der Waals surface area contributed by atoms with Crippen LogP contribution in [0.5, 0.6) is 0 Å². The van der Waals surface area contributed by atoms with Crippen LogP contribution < -0.4 is 0 Å². The van der Waals surface area contributed by atoms with Crippen LogP contribution in [0, 0.1) is 0 Å². The highest BCUT2D eigenvalue weighted by atomic mass is 32.3. The summed E-state index contributed by atoms with van der Waals surface area (Å²) >= 11 is 0. The van der Waals surface area contributed by atoms with Gasteiger partial charge in [0.05, 0.1) is 0 Å². The van der Waals surface area contributed by atoms with Crippen molar-refractivity contribution in [1.82, 2.24) is 0 Å². The molecule has 0 bridgehead atoms. The molecule has 106 valence electrons. The summed E-state index contributed by atoms with van der Waals surface area (Å²) in [6, 6.07) is 9.21. The van der Waals surface area contributed by atoms with E-state index in [1.54, 1.807) is 0 Å². The summed E-state index contributed by atoms with van der Waals surface area (Å²) in [6.07, 6.45) is 12.2. The van der Waals surface area contributed by atoms with E-state index in [1.807, 2.05) is 0 Å². The fourth-order valence-corrected chi connectivity index (χ4v) is 6.30. The van der Waals surface area contributed by atoms with Gasteiger partial charge < -0.3 is 0 Å². The zero-order valence-electron chi connectivity index (χ0n) is 12.7. The Morgan fingerprint density at radius 1 is 0.944 bits per heavy atom. The number of hydrogen-bond donors (Lipinski definition) is 1. The van der Waals surface area contributed by atoms with Gasteiger partial charge in [-0.25, -0.2) is 10.0 Å². The molecule has 1 aromatic carbocycles. The smallest absolute Gasteiger partial charge is 0.0158 e. The summed E-state index contributed by atoms with van der Waals surface area (Å²) < 4.78 is 0. The van der Waals surface area contributed by atoms with Crippen LogP contribution in [0.25, 0.3) is 0 Å². The lowest BCUT2D eigenvalue weighted by Crippen LogP contribution is -2.11. The van der Waals surface area contributed by atoms with Gasteiger partial charge in [0.25, 0.3) is 0 Å². The van der Waals surface area contributed by atoms with Crippen molar-refractivity contribution in [3.63, 3.8) is 0 Å². The van der Waals surface area contributed by atoms with Crippen molar-refractivity contribution in [2.75, 3.05) is 42.3 Å². The van der Waals surface area contributed by atoms with Crippen LogP contribution >= 0.6 is 20.9 Å². The molecule has 18 heavy (non-hydrogen) atoms. The van der Waals surface area contributed by atoms with Crippen LogP contribution in [-0.2, 0) is 12.8 Å². The number of benzene rings is 1. The predicted octanol–water partition coefficient (Wildman–Crippen LogP) is 4.12. The minimum absolute atomic E-state index is 0.284. The fraction of sp³-hybridized carbons (Fsp3) is 0.625. The van der Waals surface area contributed by atoms with Crippen LogP contribution in [0.15, 0.2) is 24.3 Å². The second kappa shape index (κ2) is 7.49. The Labute approximate surface area is 118 Å². The third-order valence-electron chi connectivity index (χ3n) is 3.47. The molecule has 0 aliphatic carbocycles. The van der Waals surface area contributed by atoms with E-state index in [4.69, 9.17) is 0 Å². The molecule has 0 aliphatic rings. The van der Waals surface area contributed by atoms with Gasteiger partial charge in [0.2, 0.25) is 0 Å². The number of rotatable bonds is 7. The molecule has 0 N–H and O–H groups in total. The van der Waals surface area contributed by atoms with Crippen LogP contribution in [0.3, 0.4) is 0 Å². The highest BCUT2D eigenvalue weighted by molar-refractivity contribution is 8.33. The normalized spacial score (nSPS) is 13.5. The zero-order chi connectivity index (χ0) is 13.6. The van der Waals surface area contributed by atoms with E-state index in [0.29, 0.717) is 0 Å². The Kier molecular flexibility index (Phi) is 6.65. The molecule has 0 heterocycles. The molecule has 0 radical (unpaired) electrons. The van der Waals surface area contributed by atoms with Gasteiger partial charge in [0.15, 0.2) is 0 Å². The Hall–Kier alpha value is -0.0800. The van der Waals surface area contributed by atoms with Crippen molar-refractivity contribution in [1.29, 1.82) is 0 Å². The van der Waals surface area contributed by atoms with Crippen molar-refractivity contribution >= 4 is 20.9 Å². The summed E-state index contributed by atoms with van der Waals surface area (Å²) in [5, 5.41) is 0. The summed E-state index contributed by atoms with van der Waals surface area (Å²) in [6.45, 7) is 2.22. The van der Waals surface area contributed by atoms with Gasteiger partial charge in [0, 0.05) is 0 Å². The Morgan fingerprint density at radius 2 is 1.50 bits per heavy atom. The quantitative estimate of drug-likeness (QED) is 0.716. The van der Waals surface area contributed by atoms with E-state index in [1.165, 1.54) is 34.8 Å². The first-order valence-corrected chi connectivity index (χ1v) is 12.0. The molecule has 0 fully saturated rings. The first kappa shape index (κ1) is 16.0. The molecule has 2 heteroatoms. The van der Waals surface area contributed by atoms with Gasteiger partial charge in [-0.05, 0) is 66.3 Å². The first-order valence-electron chi connectivity index (χ1n) is 6.84. The SMILES string of the molecule is CCc1ccc(CCS(C)(C)CC[SH](C)C)cc1. The molecular weight excluding hydrogens is 256 g/mol. The van der Waals surface area contributed by atoms with E-state index in [9.17, 15) is 0 Å². The van der Waals surface area contributed by atoms with E-state index < -0.39 is 0 Å². The highest BCUT2D eigenvalue weighted by Crippen LogP contribution is 2.41. The number of thiol groups is 1. The standard InChI is InChI=1S/C16H30S2/c1-6-15-7-9-16(10-8-15)11-13-18(4,5)14-12-17(2)3/h7-10,17H,6,11-14H2,1-5H3. The highest BCUT2D eigenvalue weighted by Gasteiger charge is 2.11. The third-order valence-corrected chi connectivity index (χ3v) is 7.50. The zero-order valence-corrected chi connectivity index (χ0v) is 14.4. The average molecular weight is 287 g/mol. The third kappa shape index (κ3) is 6.19. The molecule has 0 saturated carbocycles. The van der Waals surface area contributed by atoms with Crippen molar-refractivity contribution in [3.8, 4) is 0 Å². The molecule has 1 aromatic rings. The molecule has 0 nitrogen and oxygen atoms in total. The first-order chi connectivity index (χ1) is 8.43. The maximum absolute atomic E-state index is 2.51. The molecule has 0 atom stereocenters. The molecule has 0 aromatic heterocycles. The summed E-state index contributed by atoms with van der Waals surface area (Å²) in [5.41, 5.74) is 2.97. The minimum atomic E-state index is -0.374. The van der Waals surface area contributed by atoms with E-state index in [-0.39, 0.29) is 20.9 Å². The molecule has 0 spiro atoms. The maximum atomic E-state index is 2.51. The van der Waals surface area contributed by atoms with E-state index in [0.717, 1.165) is 6.42 Å². The molecule has 0 amide bonds. The largest absolute Gasteiger partial charge is 0.258 e. The molecule has 1 rings (SSSR count). The molecule has 0 aliphatic heterocycles. The lowest BCUT2D eigenvalue weighted by atomic mass is 10.1. The van der Waals surface area contributed by atoms with Crippen LogP contribution in [0.2, 0.25) is 0 Å². The van der Waals surface area contributed by atoms with Crippen LogP contribution in [-0.4, -0.2) is 42.3 Å². The summed E-state index contributed by atoms with van der Waals surface area (Å²) in [7, 11) is -0.0899. The summed E-state index contributed by atoms with van der Waals surface area (Å²) in [5.74, 6) is 4.30. The molecule has 0 saturated heterocycles. The lowest BCUT2D eigenvalue weighted by Gasteiger charge is -2.32. The molecule has 0 unspecified atom stereocenters. The van der Waals surface area contributed by atoms with Crippen LogP contribution in [0.1, 0.15) is 18.1 Å². The fourth-order valence-electron chi connectivity index (χ4n) is 1.87. The Bertz CT molecular complexity index is 339. The van der Waals surface area contributed by atoms with Gasteiger partial charge in [-0.2, -0.15) is 0 Å². The average Bonchev–Trinajstić information content (AvgIpc) is 2.35. The van der Waals surface area contributed by atoms with Gasteiger partial charge >= 0.3 is 0 Å². The van der Waals surface area contributed by atoms with Gasteiger partial charge in [0.1, 0.15) is 0 Å². The minimum Gasteiger partial charge on any atom is -0.258 e. The Balaban J connectivity index is 2.42. The lowest BCUT2D eigenvalue weighted by molar-refractivity contribution is 1.10. The topological polar surface area (TPSA) is 0 Å². The summed E-state index contributed by atoms with van der Waals surface area (Å²) in [4.78, 5) is 0. The van der Waals surface area contributed by atoms with E-state index in [2.05, 4.69) is 56.2 Å². The van der Waals surface area contributed by atoms with Crippen molar-refractivity contribution in [2.24, 2.45) is 0 Å². The van der Waals surface area contributed by atoms with Gasteiger partial charge in [-0.1, -0.05) is 31.2 Å².